The Morgan fingerprint density at radius 3 is 2.00 bits per heavy atom. The molecular weight excluding hydrogens is 198 g/mol. The average Bonchev–Trinajstić information content (AvgIpc) is 2.07. The molecule has 1 fully saturated rings. The first kappa shape index (κ1) is 14.0. The molecule has 2 heteroatoms. The van der Waals surface area contributed by atoms with Crippen LogP contribution in [0.3, 0.4) is 0 Å². The van der Waals surface area contributed by atoms with Gasteiger partial charge in [-0.2, -0.15) is 0 Å². The summed E-state index contributed by atoms with van der Waals surface area (Å²) < 4.78 is 0. The van der Waals surface area contributed by atoms with Crippen molar-refractivity contribution in [3.05, 3.63) is 0 Å². The number of aliphatic hydroxyl groups is 1. The lowest BCUT2D eigenvalue weighted by atomic mass is 9.67. The van der Waals surface area contributed by atoms with Crippen molar-refractivity contribution < 1.29 is 5.11 Å². The summed E-state index contributed by atoms with van der Waals surface area (Å²) in [6.45, 7) is 13.8. The average molecular weight is 227 g/mol. The van der Waals surface area contributed by atoms with Crippen LogP contribution in [0.15, 0.2) is 0 Å². The van der Waals surface area contributed by atoms with Crippen LogP contribution in [-0.2, 0) is 0 Å². The summed E-state index contributed by atoms with van der Waals surface area (Å²) in [7, 11) is 0. The van der Waals surface area contributed by atoms with E-state index in [0.717, 1.165) is 13.1 Å². The van der Waals surface area contributed by atoms with Crippen LogP contribution in [0.4, 0.5) is 0 Å². The molecule has 0 atom stereocenters. The Labute approximate surface area is 101 Å². The summed E-state index contributed by atoms with van der Waals surface area (Å²) >= 11 is 0. The van der Waals surface area contributed by atoms with E-state index in [1.54, 1.807) is 0 Å². The molecule has 0 amide bonds. The first-order valence-electron chi connectivity index (χ1n) is 6.54. The second-order valence-electron chi connectivity index (χ2n) is 7.25. The fraction of sp³-hybridized carbons (Fsp3) is 1.00. The molecule has 2 N–H and O–H groups in total. The zero-order valence-electron chi connectivity index (χ0n) is 11.7. The minimum absolute atomic E-state index is 0.202. The van der Waals surface area contributed by atoms with Crippen LogP contribution in [0.25, 0.3) is 0 Å². The van der Waals surface area contributed by atoms with Crippen molar-refractivity contribution in [3.63, 3.8) is 0 Å². The quantitative estimate of drug-likeness (QED) is 0.757. The Morgan fingerprint density at radius 2 is 1.69 bits per heavy atom. The van der Waals surface area contributed by atoms with Gasteiger partial charge >= 0.3 is 0 Å². The third kappa shape index (κ3) is 2.98. The highest BCUT2D eigenvalue weighted by Crippen LogP contribution is 2.41. The fourth-order valence-electron chi connectivity index (χ4n) is 1.97. The molecule has 0 bridgehead atoms. The van der Waals surface area contributed by atoms with Gasteiger partial charge in [0.15, 0.2) is 0 Å². The van der Waals surface area contributed by atoms with Crippen molar-refractivity contribution in [3.8, 4) is 0 Å². The normalized spacial score (nSPS) is 20.6. The Morgan fingerprint density at radius 1 is 1.12 bits per heavy atom. The van der Waals surface area contributed by atoms with E-state index in [9.17, 15) is 5.11 Å². The zero-order valence-corrected chi connectivity index (χ0v) is 11.7. The molecule has 0 radical (unpaired) electrons. The van der Waals surface area contributed by atoms with Crippen molar-refractivity contribution in [2.24, 2.45) is 16.2 Å². The maximum Gasteiger partial charge on any atom is 0.0499 e. The maximum absolute atomic E-state index is 9.39. The molecule has 0 saturated heterocycles. The van der Waals surface area contributed by atoms with Crippen LogP contribution < -0.4 is 5.32 Å². The molecule has 1 aliphatic carbocycles. The lowest BCUT2D eigenvalue weighted by Crippen LogP contribution is -2.47. The monoisotopic (exact) mass is 227 g/mol. The highest BCUT2D eigenvalue weighted by atomic mass is 16.3. The molecule has 16 heavy (non-hydrogen) atoms. The van der Waals surface area contributed by atoms with Crippen molar-refractivity contribution >= 4 is 0 Å². The lowest BCUT2D eigenvalue weighted by molar-refractivity contribution is 0.0371. The highest BCUT2D eigenvalue weighted by Gasteiger charge is 2.37. The largest absolute Gasteiger partial charge is 0.396 e. The number of aliphatic hydroxyl groups excluding tert-OH is 1. The summed E-state index contributed by atoms with van der Waals surface area (Å²) in [4.78, 5) is 0. The van der Waals surface area contributed by atoms with E-state index in [0.29, 0.717) is 12.0 Å². The molecule has 0 unspecified atom stereocenters. The Balaban J connectivity index is 2.35. The van der Waals surface area contributed by atoms with Gasteiger partial charge in [0.25, 0.3) is 0 Å². The molecule has 0 spiro atoms. The number of nitrogens with one attached hydrogen (secondary N) is 1. The van der Waals surface area contributed by atoms with E-state index >= 15 is 0 Å². The maximum atomic E-state index is 9.39. The van der Waals surface area contributed by atoms with Crippen molar-refractivity contribution in [1.29, 1.82) is 0 Å². The predicted molar refractivity (Wildman–Crippen MR) is 69.5 cm³/mol. The van der Waals surface area contributed by atoms with Gasteiger partial charge in [0.1, 0.15) is 0 Å². The standard InChI is InChI=1S/C14H29NO/c1-12(2,3)13(4,5)9-15-10-14(11-16)7-6-8-14/h15-16H,6-11H2,1-5H3. The summed E-state index contributed by atoms with van der Waals surface area (Å²) in [5.74, 6) is 0. The first-order valence-corrected chi connectivity index (χ1v) is 6.54. The van der Waals surface area contributed by atoms with E-state index in [1.807, 2.05) is 0 Å². The molecule has 0 aromatic heterocycles. The molecule has 96 valence electrons. The fourth-order valence-corrected chi connectivity index (χ4v) is 1.97. The molecule has 0 aromatic carbocycles. The first-order chi connectivity index (χ1) is 7.22. The topological polar surface area (TPSA) is 32.3 Å². The molecule has 1 rings (SSSR count). The summed E-state index contributed by atoms with van der Waals surface area (Å²) in [6.07, 6.45) is 3.66. The molecule has 2 nitrogen and oxygen atoms in total. The van der Waals surface area contributed by atoms with Crippen LogP contribution in [0, 0.1) is 16.2 Å². The van der Waals surface area contributed by atoms with E-state index in [4.69, 9.17) is 0 Å². The SMILES string of the molecule is CC(C)(C)C(C)(C)CNCC1(CO)CCC1. The van der Waals surface area contributed by atoms with Gasteiger partial charge in [-0.1, -0.05) is 41.0 Å². The van der Waals surface area contributed by atoms with E-state index in [1.165, 1.54) is 19.3 Å². The Hall–Kier alpha value is -0.0800. The van der Waals surface area contributed by atoms with Crippen molar-refractivity contribution in [2.75, 3.05) is 19.7 Å². The lowest BCUT2D eigenvalue weighted by Gasteiger charge is -2.43. The summed E-state index contributed by atoms with van der Waals surface area (Å²) in [5, 5.41) is 13.0. The highest BCUT2D eigenvalue weighted by molar-refractivity contribution is 4.91. The van der Waals surface area contributed by atoms with Gasteiger partial charge in [-0.05, 0) is 23.7 Å². The predicted octanol–water partition coefficient (Wildman–Crippen LogP) is 2.81. The number of hydrogen-bond donors (Lipinski definition) is 2. The van der Waals surface area contributed by atoms with Gasteiger partial charge in [0.05, 0.1) is 0 Å². The summed E-state index contributed by atoms with van der Waals surface area (Å²) in [6, 6.07) is 0. The van der Waals surface area contributed by atoms with Gasteiger partial charge in [0.2, 0.25) is 0 Å². The van der Waals surface area contributed by atoms with Crippen LogP contribution in [0.2, 0.25) is 0 Å². The van der Waals surface area contributed by atoms with Crippen LogP contribution in [-0.4, -0.2) is 24.8 Å². The van der Waals surface area contributed by atoms with E-state index in [-0.39, 0.29) is 10.8 Å². The molecule has 1 aliphatic rings. The molecule has 0 heterocycles. The van der Waals surface area contributed by atoms with Gasteiger partial charge < -0.3 is 10.4 Å². The van der Waals surface area contributed by atoms with Gasteiger partial charge in [-0.25, -0.2) is 0 Å². The van der Waals surface area contributed by atoms with Gasteiger partial charge in [-0.15, -0.1) is 0 Å². The Bertz CT molecular complexity index is 218. The second kappa shape index (κ2) is 4.66. The van der Waals surface area contributed by atoms with Crippen molar-refractivity contribution in [1.82, 2.24) is 5.32 Å². The molecular formula is C14H29NO. The zero-order chi connectivity index (χ0) is 12.4. The van der Waals surface area contributed by atoms with E-state index < -0.39 is 0 Å². The minimum atomic E-state index is 0.202. The van der Waals surface area contributed by atoms with Crippen LogP contribution in [0.5, 0.6) is 0 Å². The third-order valence-corrected chi connectivity index (χ3v) is 4.85. The summed E-state index contributed by atoms with van der Waals surface area (Å²) in [5.41, 5.74) is 0.799. The van der Waals surface area contributed by atoms with Crippen LogP contribution in [0.1, 0.15) is 53.9 Å². The second-order valence-corrected chi connectivity index (χ2v) is 7.25. The van der Waals surface area contributed by atoms with Crippen LogP contribution >= 0.6 is 0 Å². The number of hydrogen-bond acceptors (Lipinski definition) is 2. The van der Waals surface area contributed by atoms with Crippen molar-refractivity contribution in [2.45, 2.75) is 53.9 Å². The molecule has 0 aromatic rings. The Kier molecular flexibility index (Phi) is 4.07. The minimum Gasteiger partial charge on any atom is -0.396 e. The third-order valence-electron chi connectivity index (χ3n) is 4.85. The smallest absolute Gasteiger partial charge is 0.0499 e. The van der Waals surface area contributed by atoms with E-state index in [2.05, 4.69) is 39.9 Å². The van der Waals surface area contributed by atoms with Gasteiger partial charge in [0, 0.05) is 25.1 Å². The molecule has 0 aliphatic heterocycles. The number of rotatable bonds is 5. The van der Waals surface area contributed by atoms with Gasteiger partial charge in [-0.3, -0.25) is 0 Å². The molecule has 1 saturated carbocycles.